The van der Waals surface area contributed by atoms with Gasteiger partial charge in [0.15, 0.2) is 0 Å². The number of thiophene rings is 1. The number of hydrogen-bond donors (Lipinski definition) is 0. The fourth-order valence-electron chi connectivity index (χ4n) is 3.51. The monoisotopic (exact) mass is 511 g/mol. The zero-order valence-electron chi connectivity index (χ0n) is 14.6. The van der Waals surface area contributed by atoms with E-state index in [0.29, 0.717) is 6.04 Å². The van der Waals surface area contributed by atoms with Crippen LogP contribution in [-0.4, -0.2) is 71.8 Å². The van der Waals surface area contributed by atoms with Gasteiger partial charge in [0.05, 0.1) is 8.66 Å². The Kier molecular flexibility index (Phi) is 5.68. The number of hydrogen-bond acceptors (Lipinski definition) is 4. The van der Waals surface area contributed by atoms with E-state index >= 15 is 0 Å². The standard InChI is InChI=1S/C19H19Br2N3O2S/c20-15-10-16(27-17(15)21)19(26)24-11-14(12-24)22-6-8-23(9-7-22)18(25)13-4-2-1-3-5-13/h1-5,10,14H,6-9,11-12H2. The molecule has 0 N–H and O–H groups in total. The van der Waals surface area contributed by atoms with Gasteiger partial charge in [-0.15, -0.1) is 11.3 Å². The molecule has 5 nitrogen and oxygen atoms in total. The highest BCUT2D eigenvalue weighted by atomic mass is 79.9. The van der Waals surface area contributed by atoms with Crippen LogP contribution in [0.15, 0.2) is 44.7 Å². The number of rotatable bonds is 3. The lowest BCUT2D eigenvalue weighted by Gasteiger charge is -2.48. The van der Waals surface area contributed by atoms with E-state index in [1.54, 1.807) is 0 Å². The summed E-state index contributed by atoms with van der Waals surface area (Å²) < 4.78 is 1.87. The van der Waals surface area contributed by atoms with Gasteiger partial charge >= 0.3 is 0 Å². The van der Waals surface area contributed by atoms with Gasteiger partial charge < -0.3 is 9.80 Å². The Morgan fingerprint density at radius 3 is 2.19 bits per heavy atom. The number of nitrogens with zero attached hydrogens (tertiary/aromatic N) is 3. The third-order valence-electron chi connectivity index (χ3n) is 5.14. The molecule has 2 aromatic rings. The van der Waals surface area contributed by atoms with E-state index in [2.05, 4.69) is 36.8 Å². The Morgan fingerprint density at radius 2 is 1.59 bits per heavy atom. The number of likely N-dealkylation sites (tertiary alicyclic amines) is 1. The zero-order valence-corrected chi connectivity index (χ0v) is 18.6. The molecule has 0 bridgehead atoms. The number of piperazine rings is 1. The summed E-state index contributed by atoms with van der Waals surface area (Å²) in [4.78, 5) is 32.1. The summed E-state index contributed by atoms with van der Waals surface area (Å²) in [6.45, 7) is 4.73. The minimum absolute atomic E-state index is 0.0977. The molecule has 2 amide bonds. The molecule has 0 unspecified atom stereocenters. The van der Waals surface area contributed by atoms with Crippen LogP contribution in [0, 0.1) is 0 Å². The number of amides is 2. The van der Waals surface area contributed by atoms with E-state index in [1.807, 2.05) is 46.2 Å². The molecular formula is C19H19Br2N3O2S. The molecule has 27 heavy (non-hydrogen) atoms. The van der Waals surface area contributed by atoms with Gasteiger partial charge in [0, 0.05) is 55.3 Å². The van der Waals surface area contributed by atoms with Gasteiger partial charge in [0.25, 0.3) is 11.8 Å². The Balaban J connectivity index is 1.27. The van der Waals surface area contributed by atoms with E-state index < -0.39 is 0 Å². The van der Waals surface area contributed by atoms with Crippen molar-refractivity contribution in [1.82, 2.24) is 14.7 Å². The molecule has 0 atom stereocenters. The minimum atomic E-state index is 0.0977. The van der Waals surface area contributed by atoms with Crippen LogP contribution < -0.4 is 0 Å². The van der Waals surface area contributed by atoms with Crippen LogP contribution in [0.25, 0.3) is 0 Å². The fourth-order valence-corrected chi connectivity index (χ4v) is 5.52. The Morgan fingerprint density at radius 1 is 0.926 bits per heavy atom. The minimum Gasteiger partial charge on any atom is -0.336 e. The van der Waals surface area contributed by atoms with Crippen molar-refractivity contribution in [3.63, 3.8) is 0 Å². The van der Waals surface area contributed by atoms with Crippen molar-refractivity contribution >= 4 is 55.0 Å². The number of carbonyl (C=O) groups excluding carboxylic acids is 2. The molecule has 3 heterocycles. The van der Waals surface area contributed by atoms with E-state index in [4.69, 9.17) is 0 Å². The second-order valence-electron chi connectivity index (χ2n) is 6.79. The van der Waals surface area contributed by atoms with Gasteiger partial charge in [-0.1, -0.05) is 18.2 Å². The molecule has 4 rings (SSSR count). The van der Waals surface area contributed by atoms with E-state index in [0.717, 1.165) is 58.0 Å². The molecule has 142 valence electrons. The molecule has 1 aromatic heterocycles. The van der Waals surface area contributed by atoms with Crippen LogP contribution in [0.4, 0.5) is 0 Å². The average Bonchev–Trinajstić information content (AvgIpc) is 3.00. The second kappa shape index (κ2) is 8.03. The maximum atomic E-state index is 12.5. The van der Waals surface area contributed by atoms with Crippen molar-refractivity contribution in [2.75, 3.05) is 39.3 Å². The van der Waals surface area contributed by atoms with Gasteiger partial charge in [0.2, 0.25) is 0 Å². The molecule has 1 aromatic carbocycles. The summed E-state index contributed by atoms with van der Waals surface area (Å²) in [5.41, 5.74) is 0.750. The van der Waals surface area contributed by atoms with Gasteiger partial charge in [-0.25, -0.2) is 0 Å². The second-order valence-corrected chi connectivity index (χ2v) is 10.0. The molecule has 2 saturated heterocycles. The quantitative estimate of drug-likeness (QED) is 0.631. The predicted molar refractivity (Wildman–Crippen MR) is 113 cm³/mol. The number of halogens is 2. The molecule has 2 aliphatic heterocycles. The predicted octanol–water partition coefficient (Wildman–Crippen LogP) is 3.56. The van der Waals surface area contributed by atoms with E-state index in [-0.39, 0.29) is 11.8 Å². The molecular weight excluding hydrogens is 494 g/mol. The highest BCUT2D eigenvalue weighted by Gasteiger charge is 2.37. The smallest absolute Gasteiger partial charge is 0.264 e. The Bertz CT molecular complexity index is 824. The number of benzene rings is 1. The highest BCUT2D eigenvalue weighted by molar-refractivity contribution is 9.13. The van der Waals surface area contributed by atoms with Gasteiger partial charge in [-0.05, 0) is 50.1 Å². The summed E-state index contributed by atoms with van der Waals surface area (Å²) in [6, 6.07) is 11.7. The molecule has 0 aliphatic carbocycles. The van der Waals surface area contributed by atoms with Crippen LogP contribution in [0.3, 0.4) is 0 Å². The highest BCUT2D eigenvalue weighted by Crippen LogP contribution is 2.34. The van der Waals surface area contributed by atoms with Crippen LogP contribution in [0.2, 0.25) is 0 Å². The third kappa shape index (κ3) is 3.99. The fraction of sp³-hybridized carbons (Fsp3) is 0.368. The topological polar surface area (TPSA) is 43.9 Å². The van der Waals surface area contributed by atoms with Crippen LogP contribution >= 0.6 is 43.2 Å². The Labute approximate surface area is 179 Å². The first-order chi connectivity index (χ1) is 13.0. The van der Waals surface area contributed by atoms with Crippen molar-refractivity contribution in [3.8, 4) is 0 Å². The summed E-state index contributed by atoms with van der Waals surface area (Å²) in [7, 11) is 0. The molecule has 2 fully saturated rings. The van der Waals surface area contributed by atoms with Crippen molar-refractivity contribution in [2.45, 2.75) is 6.04 Å². The van der Waals surface area contributed by atoms with Crippen molar-refractivity contribution < 1.29 is 9.59 Å². The molecule has 0 spiro atoms. The maximum Gasteiger partial charge on any atom is 0.264 e. The lowest BCUT2D eigenvalue weighted by molar-refractivity contribution is 0.00879. The van der Waals surface area contributed by atoms with Crippen molar-refractivity contribution in [3.05, 3.63) is 55.1 Å². The average molecular weight is 513 g/mol. The number of carbonyl (C=O) groups is 2. The largest absolute Gasteiger partial charge is 0.336 e. The summed E-state index contributed by atoms with van der Waals surface area (Å²) in [5.74, 6) is 0.204. The van der Waals surface area contributed by atoms with Gasteiger partial charge in [-0.2, -0.15) is 0 Å². The van der Waals surface area contributed by atoms with Crippen LogP contribution in [-0.2, 0) is 0 Å². The van der Waals surface area contributed by atoms with Gasteiger partial charge in [-0.3, -0.25) is 14.5 Å². The first-order valence-corrected chi connectivity index (χ1v) is 11.3. The van der Waals surface area contributed by atoms with Gasteiger partial charge in [0.1, 0.15) is 0 Å². The van der Waals surface area contributed by atoms with Crippen LogP contribution in [0.1, 0.15) is 20.0 Å². The van der Waals surface area contributed by atoms with Crippen molar-refractivity contribution in [1.29, 1.82) is 0 Å². The lowest BCUT2D eigenvalue weighted by atomic mass is 10.1. The first kappa shape index (κ1) is 19.1. The Hall–Kier alpha value is -1.22. The molecule has 8 heteroatoms. The van der Waals surface area contributed by atoms with E-state index in [1.165, 1.54) is 11.3 Å². The summed E-state index contributed by atoms with van der Waals surface area (Å²) >= 11 is 8.34. The summed E-state index contributed by atoms with van der Waals surface area (Å²) in [5, 5.41) is 0. The van der Waals surface area contributed by atoms with Crippen molar-refractivity contribution in [2.24, 2.45) is 0 Å². The first-order valence-electron chi connectivity index (χ1n) is 8.85. The van der Waals surface area contributed by atoms with E-state index in [9.17, 15) is 9.59 Å². The molecule has 0 saturated carbocycles. The van der Waals surface area contributed by atoms with Crippen LogP contribution in [0.5, 0.6) is 0 Å². The third-order valence-corrected chi connectivity index (χ3v) is 8.39. The zero-order chi connectivity index (χ0) is 19.0. The lowest BCUT2D eigenvalue weighted by Crippen LogP contribution is -2.64. The maximum absolute atomic E-state index is 12.5. The normalized spacial score (nSPS) is 18.4. The molecule has 0 radical (unpaired) electrons. The summed E-state index contributed by atoms with van der Waals surface area (Å²) in [6.07, 6.45) is 0. The SMILES string of the molecule is O=C(c1ccccc1)N1CCN(C2CN(C(=O)c3cc(Br)c(Br)s3)C2)CC1. The molecule has 2 aliphatic rings.